The lowest BCUT2D eigenvalue weighted by Crippen LogP contribution is -2.53. The van der Waals surface area contributed by atoms with Crippen LogP contribution >= 0.6 is 0 Å². The molecule has 6 N–H and O–H groups in total. The Hall–Kier alpha value is -9.89. The van der Waals surface area contributed by atoms with Gasteiger partial charge in [0.2, 0.25) is 0 Å². The second-order valence-electron chi connectivity index (χ2n) is 28.7. The Labute approximate surface area is 596 Å². The largest absolute Gasteiger partial charge is 0.381 e. The molecule has 10 heterocycles. The van der Waals surface area contributed by atoms with Crippen LogP contribution in [0.1, 0.15) is 118 Å². The minimum absolute atomic E-state index is 0.0343. The van der Waals surface area contributed by atoms with E-state index in [2.05, 4.69) is 79.0 Å². The fourth-order valence-electron chi connectivity index (χ4n) is 13.6. The number of hydrogen-bond donors (Lipinski definition) is 6. The van der Waals surface area contributed by atoms with Gasteiger partial charge in [0, 0.05) is 91.7 Å². The molecule has 0 unspecified atom stereocenters. The summed E-state index contributed by atoms with van der Waals surface area (Å²) >= 11 is 0. The van der Waals surface area contributed by atoms with Crippen molar-refractivity contribution in [2.24, 2.45) is 0 Å². The molecule has 4 aliphatic heterocycles. The number of amides is 3. The molecular formula is C77H88F4N18O4. The van der Waals surface area contributed by atoms with E-state index >= 15 is 0 Å². The maximum absolute atomic E-state index is 14.6. The molecule has 3 aromatic carbocycles. The molecule has 16 rings (SSSR count). The highest BCUT2D eigenvalue weighted by Gasteiger charge is 2.33. The molecule has 0 spiro atoms. The number of ether oxygens (including phenoxy) is 1. The fourth-order valence-corrected chi connectivity index (χ4v) is 13.6. The van der Waals surface area contributed by atoms with Crippen molar-refractivity contribution in [2.75, 3.05) is 82.5 Å². The molecule has 7 fully saturated rings. The summed E-state index contributed by atoms with van der Waals surface area (Å²) in [7, 11) is 4.07. The van der Waals surface area contributed by atoms with Gasteiger partial charge in [0.05, 0.1) is 132 Å². The van der Waals surface area contributed by atoms with Crippen LogP contribution in [0, 0.1) is 38.2 Å². The highest BCUT2D eigenvalue weighted by Crippen LogP contribution is 2.34. The standard InChI is InChI=1S/C27H31FN6O2.C25H28F2N6O.C25H29FN6O/c1-17-8-26(28)25(27(35)32-19-2-3-19)10-24(17)18-11-30-34(14-18)22-9-21(12-29-13-22)31-20-4-6-33(7-5-20)23-15-36-16-23;1-15-7-22(26)21(25(34)31-17-3-4-17)9-20(15)16-10-29-33(13-16)19-8-18(11-28-12-19)30-24-5-6-32(2)14-23(24)27;1-16-9-24(26)23(25(33)30-18-3-4-18)11-22(16)17-12-28-32(15-17)21-10-20(13-27-14-21)29-19-5-7-31(2)8-6-19/h8-14,19-20,23,31H,2-7,15-16H2,1H3,(H,32,35);7-13,17,23-24,30H,3-6,14H2,1-2H3,(H,31,34);9-15,18-19,29H,3-8H2,1-2H3,(H,30,33)/t;23-,24+;/m.1./s1. The van der Waals surface area contributed by atoms with E-state index in [1.54, 1.807) is 82.5 Å². The number of carbonyl (C=O) groups excluding carboxylic acids is 3. The molecule has 3 saturated carbocycles. The first kappa shape index (κ1) is 70.2. The lowest BCUT2D eigenvalue weighted by molar-refractivity contribution is -0.0705. The summed E-state index contributed by atoms with van der Waals surface area (Å²) in [6.45, 7) is 12.8. The van der Waals surface area contributed by atoms with E-state index in [9.17, 15) is 31.9 Å². The number of carbonyl (C=O) groups is 3. The van der Waals surface area contributed by atoms with E-state index in [0.29, 0.717) is 42.3 Å². The van der Waals surface area contributed by atoms with Crippen molar-refractivity contribution < 1.29 is 36.7 Å². The average Bonchev–Trinajstić information content (AvgIpc) is 1.73. The second-order valence-corrected chi connectivity index (χ2v) is 28.7. The first-order valence-corrected chi connectivity index (χ1v) is 35.8. The Bertz CT molecular complexity index is 4530. The van der Waals surface area contributed by atoms with Crippen LogP contribution in [0.3, 0.4) is 0 Å². The lowest BCUT2D eigenvalue weighted by Gasteiger charge is -2.41. The maximum Gasteiger partial charge on any atom is 0.254 e. The summed E-state index contributed by atoms with van der Waals surface area (Å²) in [5.74, 6) is -2.65. The summed E-state index contributed by atoms with van der Waals surface area (Å²) in [5.41, 5.74) is 12.2. The summed E-state index contributed by atoms with van der Waals surface area (Å²) in [4.78, 5) is 57.4. The Morgan fingerprint density at radius 3 is 1.14 bits per heavy atom. The zero-order valence-corrected chi connectivity index (χ0v) is 58.7. The first-order valence-electron chi connectivity index (χ1n) is 35.8. The number of alkyl halides is 1. The van der Waals surface area contributed by atoms with Gasteiger partial charge in [-0.25, -0.2) is 31.6 Å². The van der Waals surface area contributed by atoms with Crippen LogP contribution < -0.4 is 31.9 Å². The average molecular weight is 1410 g/mol. The highest BCUT2D eigenvalue weighted by atomic mass is 19.1. The van der Waals surface area contributed by atoms with Gasteiger partial charge in [-0.1, -0.05) is 0 Å². The van der Waals surface area contributed by atoms with Gasteiger partial charge in [-0.15, -0.1) is 0 Å². The maximum atomic E-state index is 14.6. The molecule has 3 aliphatic carbocycles. The van der Waals surface area contributed by atoms with Crippen molar-refractivity contribution >= 4 is 34.8 Å². The number of halogens is 4. The SMILES string of the molecule is Cc1cc(F)c(C(=O)NC2CC2)cc1-c1cnn(-c2cncc(NC3CCN(C)CC3)c2)c1.Cc1cc(F)c(C(=O)NC2CC2)cc1-c1cnn(-c2cncc(NC3CCN(C4COC4)CC3)c2)c1.Cc1cc(F)c(C(=O)NC2CC2)cc1-c1cnn(-c2cncc(N[C@H]3CCN(C)C[C@H]3F)c2)c1. The second kappa shape index (κ2) is 31.0. The predicted molar refractivity (Wildman–Crippen MR) is 387 cm³/mol. The fraction of sp³-hybridized carbons (Fsp3) is 0.416. The molecule has 4 saturated heterocycles. The molecule has 9 aromatic rings. The Morgan fingerprint density at radius 1 is 0.427 bits per heavy atom. The number of aromatic nitrogens is 9. The van der Waals surface area contributed by atoms with Crippen LogP contribution in [0.2, 0.25) is 0 Å². The van der Waals surface area contributed by atoms with Crippen molar-refractivity contribution in [2.45, 2.75) is 140 Å². The van der Waals surface area contributed by atoms with Gasteiger partial charge in [0.25, 0.3) is 17.7 Å². The summed E-state index contributed by atoms with van der Waals surface area (Å²) in [6.07, 6.45) is 31.2. The number of hydrogen-bond acceptors (Lipinski definition) is 16. The molecule has 0 bridgehead atoms. The van der Waals surface area contributed by atoms with E-state index in [4.69, 9.17) is 4.74 Å². The van der Waals surface area contributed by atoms with Crippen LogP contribution in [0.25, 0.3) is 50.4 Å². The van der Waals surface area contributed by atoms with Crippen LogP contribution in [0.5, 0.6) is 0 Å². The van der Waals surface area contributed by atoms with Crippen molar-refractivity contribution in [3.05, 3.63) is 180 Å². The topological polar surface area (TPSA) is 234 Å². The third-order valence-corrected chi connectivity index (χ3v) is 20.3. The Morgan fingerprint density at radius 2 is 0.786 bits per heavy atom. The highest BCUT2D eigenvalue weighted by molar-refractivity contribution is 5.98. The summed E-state index contributed by atoms with van der Waals surface area (Å²) in [5, 5.41) is 32.5. The van der Waals surface area contributed by atoms with Crippen LogP contribution in [0.4, 0.5) is 34.6 Å². The van der Waals surface area contributed by atoms with Gasteiger partial charge in [-0.3, -0.25) is 34.2 Å². The monoisotopic (exact) mass is 1400 g/mol. The van der Waals surface area contributed by atoms with Crippen molar-refractivity contribution in [3.8, 4) is 50.4 Å². The first-order chi connectivity index (χ1) is 49.9. The van der Waals surface area contributed by atoms with E-state index < -0.39 is 29.5 Å². The third kappa shape index (κ3) is 17.4. The number of nitrogens with one attached hydrogen (secondary N) is 6. The molecule has 6 aromatic heterocycles. The predicted octanol–water partition coefficient (Wildman–Crippen LogP) is 11.1. The van der Waals surface area contributed by atoms with E-state index in [1.165, 1.54) is 18.2 Å². The number of piperidine rings is 3. The zero-order valence-electron chi connectivity index (χ0n) is 58.7. The van der Waals surface area contributed by atoms with Gasteiger partial charge in [0.15, 0.2) is 0 Å². The summed E-state index contributed by atoms with van der Waals surface area (Å²) < 4.78 is 68.5. The number of rotatable bonds is 19. The van der Waals surface area contributed by atoms with Crippen LogP contribution in [0.15, 0.2) is 129 Å². The number of aryl methyl sites for hydroxylation is 3. The molecule has 26 heteroatoms. The third-order valence-electron chi connectivity index (χ3n) is 20.3. The molecule has 3 amide bonds. The molecule has 0 radical (unpaired) electrons. The molecule has 538 valence electrons. The quantitative estimate of drug-likeness (QED) is 0.0413. The number of likely N-dealkylation sites (tertiary alicyclic amines) is 3. The van der Waals surface area contributed by atoms with Crippen molar-refractivity contribution in [1.82, 2.24) is 74.9 Å². The molecule has 103 heavy (non-hydrogen) atoms. The number of pyridine rings is 3. The molecule has 22 nitrogen and oxygen atoms in total. The smallest absolute Gasteiger partial charge is 0.254 e. The zero-order chi connectivity index (χ0) is 71.4. The van der Waals surface area contributed by atoms with Gasteiger partial charge in [-0.2, -0.15) is 15.3 Å². The van der Waals surface area contributed by atoms with Crippen LogP contribution in [-0.2, 0) is 4.74 Å². The normalized spacial score (nSPS) is 19.1. The minimum atomic E-state index is -0.952. The van der Waals surface area contributed by atoms with Crippen molar-refractivity contribution in [1.29, 1.82) is 0 Å². The summed E-state index contributed by atoms with van der Waals surface area (Å²) in [6, 6.07) is 16.7. The molecule has 7 aliphatic rings. The van der Waals surface area contributed by atoms with E-state index in [1.807, 2.05) is 75.0 Å². The lowest BCUT2D eigenvalue weighted by atomic mass is 9.99. The molecular weight excluding hydrogens is 1320 g/mol. The van der Waals surface area contributed by atoms with Gasteiger partial charge in [-0.05, 0) is 207 Å². The van der Waals surface area contributed by atoms with Gasteiger partial charge < -0.3 is 46.4 Å². The Kier molecular flexibility index (Phi) is 21.1. The Balaban J connectivity index is 0.000000131. The number of benzene rings is 3. The van der Waals surface area contributed by atoms with E-state index in [-0.39, 0.29) is 52.7 Å². The van der Waals surface area contributed by atoms with Crippen molar-refractivity contribution in [3.63, 3.8) is 0 Å². The van der Waals surface area contributed by atoms with Gasteiger partial charge >= 0.3 is 0 Å². The number of nitrogens with zero attached hydrogens (tertiary/aromatic N) is 12. The van der Waals surface area contributed by atoms with E-state index in [0.717, 1.165) is 183 Å². The minimum Gasteiger partial charge on any atom is -0.381 e. The van der Waals surface area contributed by atoms with Crippen LogP contribution in [-0.4, -0.2) is 192 Å². The van der Waals surface area contributed by atoms with Gasteiger partial charge in [0.1, 0.15) is 23.6 Å². The number of anilines is 3. The molecule has 2 atom stereocenters.